The number of aromatic nitrogens is 2. The minimum Gasteiger partial charge on any atom is -0.466 e. The van der Waals surface area contributed by atoms with Gasteiger partial charge in [0.2, 0.25) is 0 Å². The lowest BCUT2D eigenvalue weighted by Crippen LogP contribution is -2.56. The zero-order valence-electron chi connectivity index (χ0n) is 29.2. The fraction of sp³-hybridized carbons (Fsp3) is 0.421. The van der Waals surface area contributed by atoms with E-state index in [1.54, 1.807) is 17.8 Å². The van der Waals surface area contributed by atoms with E-state index in [-0.39, 0.29) is 54.3 Å². The van der Waals surface area contributed by atoms with Crippen LogP contribution in [0, 0.1) is 23.4 Å². The van der Waals surface area contributed by atoms with Crippen LogP contribution >= 0.6 is 0 Å². The first-order valence-corrected chi connectivity index (χ1v) is 18.9. The molecule has 55 heavy (non-hydrogen) atoms. The number of carbonyl (C=O) groups excluding carboxylic acids is 1. The highest BCUT2D eigenvalue weighted by molar-refractivity contribution is 7.92. The van der Waals surface area contributed by atoms with E-state index >= 15 is 0 Å². The number of fused-ring (bicyclic) bond motifs is 1. The highest BCUT2D eigenvalue weighted by Gasteiger charge is 2.73. The molecular formula is C38H35F9N2O5S. The average molecular weight is 803 g/mol. The largest absolute Gasteiger partial charge is 0.466 e. The van der Waals surface area contributed by atoms with Gasteiger partial charge in [-0.2, -0.15) is 31.4 Å². The SMILES string of the molecule is CCOC(=O)C1CCC(n2cc3c(n2)CCC(c2ccc(C(OCc4c(F)cccc4F)(C(F)(F)F)C(F)(F)F)cc2)(S(=O)(=O)c2ccc(F)cc2)C3)CC1. The van der Waals surface area contributed by atoms with Gasteiger partial charge in [0.1, 0.15) is 22.2 Å². The second-order valence-corrected chi connectivity index (χ2v) is 16.0. The van der Waals surface area contributed by atoms with Gasteiger partial charge < -0.3 is 9.47 Å². The molecule has 0 amide bonds. The van der Waals surface area contributed by atoms with Crippen molar-refractivity contribution in [1.29, 1.82) is 0 Å². The van der Waals surface area contributed by atoms with Gasteiger partial charge in [0.25, 0.3) is 5.60 Å². The van der Waals surface area contributed by atoms with Gasteiger partial charge in [-0.05, 0) is 99.4 Å². The topological polar surface area (TPSA) is 87.5 Å². The summed E-state index contributed by atoms with van der Waals surface area (Å²) >= 11 is 0. The molecule has 2 aliphatic rings. The maximum absolute atomic E-state index is 14.7. The van der Waals surface area contributed by atoms with Gasteiger partial charge in [0.15, 0.2) is 9.84 Å². The zero-order valence-corrected chi connectivity index (χ0v) is 30.0. The van der Waals surface area contributed by atoms with Gasteiger partial charge >= 0.3 is 18.3 Å². The van der Waals surface area contributed by atoms with Crippen molar-refractivity contribution in [3.8, 4) is 0 Å². The molecule has 0 saturated heterocycles. The molecule has 2 aliphatic carbocycles. The molecule has 0 radical (unpaired) electrons. The molecule has 17 heteroatoms. The molecule has 1 aromatic heterocycles. The standard InChI is InChI=1S/C38H35F9N2O5S/c1-2-53-34(50)23-6-14-28(15-7-23)49-21-24-20-35(19-18-33(24)48-49,55(51,52)29-16-12-27(39)13-17-29)25-8-10-26(11-9-25)36(37(42,43)44,38(45,46)47)54-22-30-31(40)4-3-5-32(30)41/h3-5,8-13,16-17,21,23,28H,2,6-7,14-15,18-20,22H2,1H3. The minimum atomic E-state index is -6.21. The van der Waals surface area contributed by atoms with Crippen molar-refractivity contribution < 1.29 is 62.2 Å². The summed E-state index contributed by atoms with van der Waals surface area (Å²) in [4.78, 5) is 11.9. The van der Waals surface area contributed by atoms with Crippen molar-refractivity contribution in [2.24, 2.45) is 5.92 Å². The summed E-state index contributed by atoms with van der Waals surface area (Å²) in [5, 5.41) is 4.70. The van der Waals surface area contributed by atoms with Crippen molar-refractivity contribution in [1.82, 2.24) is 9.78 Å². The Morgan fingerprint density at radius 1 is 0.873 bits per heavy atom. The Bertz CT molecular complexity index is 2090. The van der Waals surface area contributed by atoms with Crippen LogP contribution < -0.4 is 0 Å². The average Bonchev–Trinajstić information content (AvgIpc) is 3.56. The minimum absolute atomic E-state index is 0.0506. The molecule has 1 fully saturated rings. The fourth-order valence-corrected chi connectivity index (χ4v) is 9.74. The third-order valence-electron chi connectivity index (χ3n) is 10.6. The van der Waals surface area contributed by atoms with E-state index in [1.807, 2.05) is 0 Å². The monoisotopic (exact) mass is 802 g/mol. The first-order chi connectivity index (χ1) is 25.8. The third-order valence-corrected chi connectivity index (χ3v) is 13.1. The van der Waals surface area contributed by atoms with Gasteiger partial charge in [-0.1, -0.05) is 30.3 Å². The highest BCUT2D eigenvalue weighted by Crippen LogP contribution is 2.54. The summed E-state index contributed by atoms with van der Waals surface area (Å²) in [5.74, 6) is -4.14. The van der Waals surface area contributed by atoms with E-state index < -0.39 is 67.7 Å². The van der Waals surface area contributed by atoms with Crippen molar-refractivity contribution in [2.45, 2.75) is 92.1 Å². The highest BCUT2D eigenvalue weighted by atomic mass is 32.2. The van der Waals surface area contributed by atoms with Crippen molar-refractivity contribution in [3.05, 3.63) is 118 Å². The Morgan fingerprint density at radius 2 is 1.47 bits per heavy atom. The predicted molar refractivity (Wildman–Crippen MR) is 179 cm³/mol. The van der Waals surface area contributed by atoms with Crippen LogP contribution in [0.15, 0.2) is 77.8 Å². The number of ether oxygens (including phenoxy) is 2. The van der Waals surface area contributed by atoms with Crippen LogP contribution in [0.5, 0.6) is 0 Å². The maximum atomic E-state index is 14.7. The summed E-state index contributed by atoms with van der Waals surface area (Å²) in [6.07, 6.45) is -8.95. The second-order valence-electron chi connectivity index (χ2n) is 13.7. The van der Waals surface area contributed by atoms with E-state index in [1.165, 1.54) is 0 Å². The fourth-order valence-electron chi connectivity index (χ4n) is 7.63. The lowest BCUT2D eigenvalue weighted by molar-refractivity contribution is -0.392. The summed E-state index contributed by atoms with van der Waals surface area (Å²) in [7, 11) is -4.55. The summed E-state index contributed by atoms with van der Waals surface area (Å²) in [6.45, 7) is 0.222. The van der Waals surface area contributed by atoms with Gasteiger partial charge in [0, 0.05) is 17.3 Å². The molecule has 296 valence electrons. The molecule has 3 aromatic carbocycles. The Hall–Kier alpha value is -4.38. The van der Waals surface area contributed by atoms with E-state index in [0.717, 1.165) is 42.5 Å². The van der Waals surface area contributed by atoms with E-state index in [2.05, 4.69) is 4.74 Å². The van der Waals surface area contributed by atoms with Gasteiger partial charge in [-0.3, -0.25) is 9.48 Å². The van der Waals surface area contributed by atoms with Crippen LogP contribution in [0.1, 0.15) is 73.0 Å². The number of benzene rings is 3. The van der Waals surface area contributed by atoms with Crippen molar-refractivity contribution in [3.63, 3.8) is 0 Å². The molecule has 1 heterocycles. The number of halogens is 9. The number of hydrogen-bond acceptors (Lipinski definition) is 6. The molecule has 1 unspecified atom stereocenters. The lowest BCUT2D eigenvalue weighted by Gasteiger charge is -2.39. The van der Waals surface area contributed by atoms with Crippen LogP contribution in [0.25, 0.3) is 0 Å². The number of rotatable bonds is 10. The molecule has 7 nitrogen and oxygen atoms in total. The van der Waals surface area contributed by atoms with Crippen LogP contribution in [0.2, 0.25) is 0 Å². The van der Waals surface area contributed by atoms with Crippen LogP contribution in [-0.4, -0.2) is 43.1 Å². The summed E-state index contributed by atoms with van der Waals surface area (Å²) in [6, 6.07) is 8.48. The maximum Gasteiger partial charge on any atom is 0.430 e. The first kappa shape index (κ1) is 40.3. The van der Waals surface area contributed by atoms with E-state index in [9.17, 15) is 52.7 Å². The molecule has 0 aliphatic heterocycles. The molecule has 0 spiro atoms. The molecule has 4 aromatic rings. The first-order valence-electron chi connectivity index (χ1n) is 17.4. The van der Waals surface area contributed by atoms with Gasteiger partial charge in [-0.15, -0.1) is 0 Å². The Kier molecular flexibility index (Phi) is 10.9. The van der Waals surface area contributed by atoms with Crippen LogP contribution in [0.4, 0.5) is 39.5 Å². The number of esters is 1. The molecule has 6 rings (SSSR count). The van der Waals surface area contributed by atoms with Crippen LogP contribution in [0.3, 0.4) is 0 Å². The number of aryl methyl sites for hydroxylation is 1. The Labute approximate surface area is 310 Å². The number of nitrogens with zero attached hydrogens (tertiary/aromatic N) is 2. The number of carbonyl (C=O) groups is 1. The molecule has 0 N–H and O–H groups in total. The lowest BCUT2D eigenvalue weighted by atomic mass is 9.81. The Balaban J connectivity index is 1.40. The molecular weight excluding hydrogens is 767 g/mol. The smallest absolute Gasteiger partial charge is 0.430 e. The molecule has 1 saturated carbocycles. The summed E-state index contributed by atoms with van der Waals surface area (Å²) < 4.78 is 169. The van der Waals surface area contributed by atoms with E-state index in [0.29, 0.717) is 61.2 Å². The van der Waals surface area contributed by atoms with Gasteiger partial charge in [0.05, 0.1) is 35.8 Å². The molecule has 0 bridgehead atoms. The number of sulfone groups is 1. The van der Waals surface area contributed by atoms with Crippen LogP contribution in [-0.2, 0) is 53.9 Å². The van der Waals surface area contributed by atoms with Crippen molar-refractivity contribution in [2.75, 3.05) is 6.61 Å². The number of alkyl halides is 6. The molecule has 1 atom stereocenters. The second kappa shape index (κ2) is 14.9. The normalized spacial score (nSPS) is 20.9. The predicted octanol–water partition coefficient (Wildman–Crippen LogP) is 8.99. The summed E-state index contributed by atoms with van der Waals surface area (Å²) in [5.41, 5.74) is -6.88. The third kappa shape index (κ3) is 7.25. The number of hydrogen-bond donors (Lipinski definition) is 0. The van der Waals surface area contributed by atoms with E-state index in [4.69, 9.17) is 9.84 Å². The zero-order chi connectivity index (χ0) is 40.0. The Morgan fingerprint density at radius 3 is 2.04 bits per heavy atom. The quantitative estimate of drug-likeness (QED) is 0.0905. The van der Waals surface area contributed by atoms with Crippen molar-refractivity contribution >= 4 is 15.8 Å². The van der Waals surface area contributed by atoms with Gasteiger partial charge in [-0.25, -0.2) is 21.6 Å².